The quantitative estimate of drug-likeness (QED) is 0.739. The molecule has 0 unspecified atom stereocenters. The lowest BCUT2D eigenvalue weighted by Gasteiger charge is -2.51. The predicted octanol–water partition coefficient (Wildman–Crippen LogP) is 3.75. The molecule has 0 aromatic heterocycles. The minimum Gasteiger partial charge on any atom is -0.371 e. The molecular weight excluding hydrogens is 376 g/mol. The van der Waals surface area contributed by atoms with Crippen molar-refractivity contribution in [3.05, 3.63) is 60.2 Å². The number of rotatable bonds is 5. The van der Waals surface area contributed by atoms with E-state index in [-0.39, 0.29) is 0 Å². The highest BCUT2D eigenvalue weighted by atomic mass is 32.1. The first-order valence-electron chi connectivity index (χ1n) is 10.9. The fourth-order valence-corrected chi connectivity index (χ4v) is 5.66. The predicted molar refractivity (Wildman–Crippen MR) is 125 cm³/mol. The fourth-order valence-electron chi connectivity index (χ4n) is 5.46. The van der Waals surface area contributed by atoms with E-state index in [1.54, 1.807) is 0 Å². The normalized spacial score (nSPS) is 27.5. The zero-order valence-electron chi connectivity index (χ0n) is 16.9. The molecule has 2 aromatic rings. The monoisotopic (exact) mass is 406 g/mol. The van der Waals surface area contributed by atoms with Gasteiger partial charge in [0.1, 0.15) is 0 Å². The van der Waals surface area contributed by atoms with Gasteiger partial charge in [-0.15, -0.1) is 0 Å². The van der Waals surface area contributed by atoms with Crippen molar-refractivity contribution in [3.63, 3.8) is 0 Å². The molecule has 0 saturated carbocycles. The first-order chi connectivity index (χ1) is 14.3. The number of anilines is 2. The highest BCUT2D eigenvalue weighted by Gasteiger charge is 2.40. The van der Waals surface area contributed by atoms with Crippen LogP contribution in [-0.2, 0) is 6.42 Å². The van der Waals surface area contributed by atoms with E-state index < -0.39 is 0 Å². The van der Waals surface area contributed by atoms with Crippen molar-refractivity contribution < 1.29 is 0 Å². The number of hydrogen-bond donors (Lipinski definition) is 2. The first-order valence-corrected chi connectivity index (χ1v) is 11.3. The van der Waals surface area contributed by atoms with Crippen LogP contribution in [0.15, 0.2) is 54.6 Å². The van der Waals surface area contributed by atoms with Gasteiger partial charge in [0.2, 0.25) is 0 Å². The Kier molecular flexibility index (Phi) is 5.42. The van der Waals surface area contributed by atoms with E-state index in [2.05, 4.69) is 44.7 Å². The lowest BCUT2D eigenvalue weighted by atomic mass is 9.75. The molecule has 0 amide bonds. The van der Waals surface area contributed by atoms with E-state index in [0.29, 0.717) is 6.04 Å². The Morgan fingerprint density at radius 1 is 1.03 bits per heavy atom. The van der Waals surface area contributed by atoms with Gasteiger partial charge in [-0.05, 0) is 73.6 Å². The van der Waals surface area contributed by atoms with Gasteiger partial charge in [-0.1, -0.05) is 36.4 Å². The maximum Gasteiger partial charge on any atom is 0.170 e. The van der Waals surface area contributed by atoms with E-state index in [1.807, 2.05) is 30.3 Å². The second kappa shape index (κ2) is 8.33. The van der Waals surface area contributed by atoms with Crippen molar-refractivity contribution in [1.82, 2.24) is 10.2 Å². The van der Waals surface area contributed by atoms with Gasteiger partial charge < -0.3 is 15.5 Å². The average molecular weight is 407 g/mol. The highest BCUT2D eigenvalue weighted by Crippen LogP contribution is 2.38. The standard InChI is InChI=1S/C24H30N4S/c29-24(26-21-7-2-1-3-8-21)25-15-22-14-19-11-12-27(22)16-20(19)17-28-13-10-18-6-4-5-9-23(18)28/h1-9,19-20,22H,10-17H2,(H2,25,26,29)/t19-,20+,22+/m0/s1. The van der Waals surface area contributed by atoms with E-state index >= 15 is 0 Å². The maximum absolute atomic E-state index is 5.50. The summed E-state index contributed by atoms with van der Waals surface area (Å²) in [4.78, 5) is 5.33. The molecule has 2 N–H and O–H groups in total. The number of nitrogens with zero attached hydrogens (tertiary/aromatic N) is 2. The van der Waals surface area contributed by atoms with Crippen LogP contribution in [0.1, 0.15) is 18.4 Å². The molecule has 152 valence electrons. The minimum absolute atomic E-state index is 0.603. The second-order valence-electron chi connectivity index (χ2n) is 8.72. The number of benzene rings is 2. The molecular formula is C24H30N4S. The van der Waals surface area contributed by atoms with E-state index in [9.17, 15) is 0 Å². The SMILES string of the molecule is S=C(NC[C@H]1C[C@@H]2CC[N@@]1C[C@@H]2CN1CCc2ccccc21)Nc1ccccc1. The number of piperidine rings is 3. The van der Waals surface area contributed by atoms with Gasteiger partial charge in [-0.3, -0.25) is 4.90 Å². The van der Waals surface area contributed by atoms with Crippen LogP contribution in [0.4, 0.5) is 11.4 Å². The third-order valence-electron chi connectivity index (χ3n) is 6.98. The summed E-state index contributed by atoms with van der Waals surface area (Å²) in [7, 11) is 0. The Labute approximate surface area is 179 Å². The molecule has 3 fully saturated rings. The summed E-state index contributed by atoms with van der Waals surface area (Å²) >= 11 is 5.50. The maximum atomic E-state index is 5.50. The lowest BCUT2D eigenvalue weighted by Crippen LogP contribution is -2.58. The van der Waals surface area contributed by atoms with Gasteiger partial charge in [0.25, 0.3) is 0 Å². The van der Waals surface area contributed by atoms with Crippen LogP contribution in [0.25, 0.3) is 0 Å². The summed E-state index contributed by atoms with van der Waals surface area (Å²) < 4.78 is 0. The number of hydrogen-bond acceptors (Lipinski definition) is 3. The third-order valence-corrected chi connectivity index (χ3v) is 7.23. The van der Waals surface area contributed by atoms with Crippen molar-refractivity contribution in [2.24, 2.45) is 11.8 Å². The summed E-state index contributed by atoms with van der Waals surface area (Å²) in [6.07, 6.45) is 3.85. The van der Waals surface area contributed by atoms with Crippen LogP contribution in [0, 0.1) is 11.8 Å². The molecule has 0 radical (unpaired) electrons. The number of fused-ring (bicyclic) bond motifs is 4. The smallest absolute Gasteiger partial charge is 0.170 e. The molecule has 3 saturated heterocycles. The van der Waals surface area contributed by atoms with Crippen LogP contribution < -0.4 is 15.5 Å². The van der Waals surface area contributed by atoms with Gasteiger partial charge in [0.15, 0.2) is 5.11 Å². The van der Waals surface area contributed by atoms with Crippen LogP contribution in [-0.4, -0.2) is 48.8 Å². The molecule has 6 rings (SSSR count). The van der Waals surface area contributed by atoms with E-state index in [0.717, 1.165) is 29.2 Å². The zero-order valence-corrected chi connectivity index (χ0v) is 17.7. The molecule has 4 nitrogen and oxygen atoms in total. The Hall–Kier alpha value is -2.11. The van der Waals surface area contributed by atoms with Gasteiger partial charge >= 0.3 is 0 Å². The zero-order chi connectivity index (χ0) is 19.6. The summed E-state index contributed by atoms with van der Waals surface area (Å²) in [5, 5.41) is 7.47. The van der Waals surface area contributed by atoms with Crippen LogP contribution in [0.2, 0.25) is 0 Å². The Balaban J connectivity index is 1.13. The molecule has 4 aliphatic rings. The van der Waals surface area contributed by atoms with E-state index in [4.69, 9.17) is 12.2 Å². The van der Waals surface area contributed by atoms with Gasteiger partial charge in [0, 0.05) is 43.6 Å². The highest BCUT2D eigenvalue weighted by molar-refractivity contribution is 7.80. The van der Waals surface area contributed by atoms with Crippen molar-refractivity contribution in [3.8, 4) is 0 Å². The van der Waals surface area contributed by atoms with E-state index in [1.165, 1.54) is 56.7 Å². The molecule has 29 heavy (non-hydrogen) atoms. The molecule has 0 spiro atoms. The van der Waals surface area contributed by atoms with Crippen molar-refractivity contribution in [1.29, 1.82) is 0 Å². The molecule has 5 heteroatoms. The molecule has 2 bridgehead atoms. The molecule has 4 aliphatic heterocycles. The average Bonchev–Trinajstić information content (AvgIpc) is 3.17. The molecule has 2 aromatic carbocycles. The molecule has 4 atom stereocenters. The number of thiocarbonyl (C=S) groups is 1. The van der Waals surface area contributed by atoms with Crippen LogP contribution >= 0.6 is 12.2 Å². The van der Waals surface area contributed by atoms with Crippen molar-refractivity contribution in [2.75, 3.05) is 42.9 Å². The van der Waals surface area contributed by atoms with Gasteiger partial charge in [-0.25, -0.2) is 0 Å². The minimum atomic E-state index is 0.603. The second-order valence-corrected chi connectivity index (χ2v) is 9.13. The summed E-state index contributed by atoms with van der Waals surface area (Å²) in [6, 6.07) is 19.7. The van der Waals surface area contributed by atoms with Gasteiger partial charge in [0.05, 0.1) is 0 Å². The van der Waals surface area contributed by atoms with Crippen LogP contribution in [0.5, 0.6) is 0 Å². The van der Waals surface area contributed by atoms with Crippen LogP contribution in [0.3, 0.4) is 0 Å². The fraction of sp³-hybridized carbons (Fsp3) is 0.458. The van der Waals surface area contributed by atoms with Crippen molar-refractivity contribution in [2.45, 2.75) is 25.3 Å². The largest absolute Gasteiger partial charge is 0.371 e. The Bertz CT molecular complexity index is 855. The van der Waals surface area contributed by atoms with Crippen molar-refractivity contribution >= 4 is 28.7 Å². The summed E-state index contributed by atoms with van der Waals surface area (Å²) in [5.41, 5.74) is 4.04. The Morgan fingerprint density at radius 2 is 1.86 bits per heavy atom. The number of nitrogens with one attached hydrogen (secondary N) is 2. The van der Waals surface area contributed by atoms with Gasteiger partial charge in [-0.2, -0.15) is 0 Å². The molecule has 4 heterocycles. The lowest BCUT2D eigenvalue weighted by molar-refractivity contribution is 0.00645. The summed E-state index contributed by atoms with van der Waals surface area (Å²) in [5.74, 6) is 1.63. The first kappa shape index (κ1) is 18.9. The molecule has 0 aliphatic carbocycles. The summed E-state index contributed by atoms with van der Waals surface area (Å²) in [6.45, 7) is 5.81. The number of para-hydroxylation sites is 2. The Morgan fingerprint density at radius 3 is 2.69 bits per heavy atom. The third kappa shape index (κ3) is 4.12. The topological polar surface area (TPSA) is 30.5 Å².